The van der Waals surface area contributed by atoms with Crippen molar-refractivity contribution in [3.8, 4) is 11.5 Å². The van der Waals surface area contributed by atoms with Gasteiger partial charge in [-0.2, -0.15) is 0 Å². The highest BCUT2D eigenvalue weighted by molar-refractivity contribution is 8.18. The van der Waals surface area contributed by atoms with E-state index in [9.17, 15) is 9.59 Å². The van der Waals surface area contributed by atoms with Gasteiger partial charge in [0, 0.05) is 0 Å². The minimum Gasteiger partial charge on any atom is -0.480 e. The van der Waals surface area contributed by atoms with Gasteiger partial charge >= 0.3 is 5.97 Å². The molecule has 2 aliphatic rings. The quantitative estimate of drug-likeness (QED) is 0.885. The molecule has 1 atom stereocenters. The lowest BCUT2D eigenvalue weighted by molar-refractivity contribution is -0.137. The minimum atomic E-state index is -1.05. The molecule has 0 bridgehead atoms. The fourth-order valence-corrected chi connectivity index (χ4v) is 2.67. The maximum Gasteiger partial charge on any atom is 0.328 e. The fourth-order valence-electron chi connectivity index (χ4n) is 1.93. The molecule has 22 heavy (non-hydrogen) atoms. The van der Waals surface area contributed by atoms with Crippen molar-refractivity contribution in [2.24, 2.45) is 4.99 Å². The van der Waals surface area contributed by atoms with E-state index >= 15 is 0 Å². The molecule has 8 heteroatoms. The number of carbonyl (C=O) groups excluding carboxylic acids is 1. The van der Waals surface area contributed by atoms with Crippen molar-refractivity contribution in [2.75, 3.05) is 6.79 Å². The van der Waals surface area contributed by atoms with E-state index < -0.39 is 12.0 Å². The lowest BCUT2D eigenvalue weighted by atomic mass is 10.2. The number of hydrogen-bond acceptors (Lipinski definition) is 6. The first-order chi connectivity index (χ1) is 10.5. The van der Waals surface area contributed by atoms with Gasteiger partial charge in [0.1, 0.15) is 11.9 Å². The number of rotatable bonds is 3. The number of aliphatic imine (C=N–C) groups is 1. The molecule has 2 heterocycles. The summed E-state index contributed by atoms with van der Waals surface area (Å²) in [5, 5.41) is 11.2. The standard InChI is InChI=1S/C14H12N2O5S/c1-7(13(17)18)15-12-11(22-14(19)16-12)5-8-2-3-9-10(4-8)21-6-20-9/h2-5,7H,6H2,1H3,(H,17,18)(H,15,16,19)/b11-5-/t7-/m0/s1. The van der Waals surface area contributed by atoms with Crippen molar-refractivity contribution in [1.82, 2.24) is 5.32 Å². The summed E-state index contributed by atoms with van der Waals surface area (Å²) < 4.78 is 10.5. The van der Waals surface area contributed by atoms with E-state index in [0.717, 1.165) is 17.3 Å². The number of amides is 1. The summed E-state index contributed by atoms with van der Waals surface area (Å²) in [4.78, 5) is 27.0. The van der Waals surface area contributed by atoms with Crippen molar-refractivity contribution >= 4 is 34.9 Å². The van der Waals surface area contributed by atoms with Crippen LogP contribution in [-0.4, -0.2) is 35.0 Å². The van der Waals surface area contributed by atoms with Gasteiger partial charge in [-0.3, -0.25) is 9.79 Å². The van der Waals surface area contributed by atoms with Crippen LogP contribution < -0.4 is 14.8 Å². The van der Waals surface area contributed by atoms with E-state index in [0.29, 0.717) is 16.4 Å². The largest absolute Gasteiger partial charge is 0.480 e. The highest BCUT2D eigenvalue weighted by Gasteiger charge is 2.25. The first-order valence-corrected chi connectivity index (χ1v) is 7.26. The number of carboxylic acids is 1. The van der Waals surface area contributed by atoms with Crippen LogP contribution in [0.5, 0.6) is 11.5 Å². The number of nitrogens with zero attached hydrogens (tertiary/aromatic N) is 1. The Hall–Kier alpha value is -2.48. The molecule has 1 fully saturated rings. The Balaban J connectivity index is 1.91. The molecule has 0 unspecified atom stereocenters. The zero-order chi connectivity index (χ0) is 15.7. The molecular weight excluding hydrogens is 308 g/mol. The van der Waals surface area contributed by atoms with Gasteiger partial charge in [-0.05, 0) is 42.5 Å². The van der Waals surface area contributed by atoms with Crippen LogP contribution in [0.2, 0.25) is 0 Å². The second-order valence-electron chi connectivity index (χ2n) is 4.63. The number of carboxylic acid groups (broad SMARTS) is 1. The van der Waals surface area contributed by atoms with E-state index in [1.165, 1.54) is 6.92 Å². The summed E-state index contributed by atoms with van der Waals surface area (Å²) >= 11 is 0.971. The second-order valence-corrected chi connectivity index (χ2v) is 5.64. The smallest absolute Gasteiger partial charge is 0.328 e. The van der Waals surface area contributed by atoms with Crippen LogP contribution in [-0.2, 0) is 4.79 Å². The fraction of sp³-hybridized carbons (Fsp3) is 0.214. The predicted molar refractivity (Wildman–Crippen MR) is 81.2 cm³/mol. The summed E-state index contributed by atoms with van der Waals surface area (Å²) in [6.07, 6.45) is 1.75. The predicted octanol–water partition coefficient (Wildman–Crippen LogP) is 2.08. The molecule has 0 spiro atoms. The molecule has 7 nitrogen and oxygen atoms in total. The number of carbonyl (C=O) groups is 2. The average Bonchev–Trinajstić information content (AvgIpc) is 3.05. The number of thioether (sulfide) groups is 1. The van der Waals surface area contributed by atoms with Crippen LogP contribution in [0.4, 0.5) is 4.79 Å². The van der Waals surface area contributed by atoms with E-state index in [4.69, 9.17) is 14.6 Å². The normalized spacial score (nSPS) is 21.2. The number of hydrogen-bond donors (Lipinski definition) is 2. The Kier molecular flexibility index (Phi) is 3.76. The minimum absolute atomic E-state index is 0.187. The third kappa shape index (κ3) is 2.91. The lowest BCUT2D eigenvalue weighted by Crippen LogP contribution is -2.23. The molecule has 0 aliphatic carbocycles. The van der Waals surface area contributed by atoms with Gasteiger partial charge < -0.3 is 19.9 Å². The first-order valence-electron chi connectivity index (χ1n) is 6.44. The average molecular weight is 320 g/mol. The van der Waals surface area contributed by atoms with Crippen LogP contribution >= 0.6 is 11.8 Å². The summed E-state index contributed by atoms with van der Waals surface area (Å²) in [5.74, 6) is 0.515. The SMILES string of the molecule is C[C@H](N=C1NC(=O)S/C1=C\c1ccc2c(c1)OCO2)C(=O)O. The van der Waals surface area contributed by atoms with Gasteiger partial charge in [0.05, 0.1) is 4.91 Å². The zero-order valence-electron chi connectivity index (χ0n) is 11.5. The second kappa shape index (κ2) is 5.72. The number of benzene rings is 1. The molecule has 1 amide bonds. The maximum atomic E-state index is 11.5. The van der Waals surface area contributed by atoms with Gasteiger partial charge in [-0.1, -0.05) is 6.07 Å². The van der Waals surface area contributed by atoms with E-state index in [-0.39, 0.29) is 17.9 Å². The van der Waals surface area contributed by atoms with Gasteiger partial charge in [0.15, 0.2) is 11.5 Å². The van der Waals surface area contributed by atoms with Crippen LogP contribution in [0.3, 0.4) is 0 Å². The molecule has 0 aromatic heterocycles. The molecule has 114 valence electrons. The highest BCUT2D eigenvalue weighted by Crippen LogP contribution is 2.34. The van der Waals surface area contributed by atoms with Crippen LogP contribution in [0.25, 0.3) is 6.08 Å². The molecule has 0 radical (unpaired) electrons. The Morgan fingerprint density at radius 3 is 3.00 bits per heavy atom. The number of aliphatic carboxylic acids is 1. The van der Waals surface area contributed by atoms with Gasteiger partial charge in [-0.25, -0.2) is 4.79 Å². The molecule has 2 N–H and O–H groups in total. The topological polar surface area (TPSA) is 97.2 Å². The van der Waals surface area contributed by atoms with Crippen LogP contribution in [0, 0.1) is 0 Å². The van der Waals surface area contributed by atoms with Crippen molar-refractivity contribution in [2.45, 2.75) is 13.0 Å². The molecule has 1 aromatic rings. The molecule has 1 aromatic carbocycles. The monoisotopic (exact) mass is 320 g/mol. The van der Waals surface area contributed by atoms with Crippen molar-refractivity contribution in [3.05, 3.63) is 28.7 Å². The van der Waals surface area contributed by atoms with Crippen molar-refractivity contribution in [1.29, 1.82) is 0 Å². The Labute approximate surface area is 130 Å². The highest BCUT2D eigenvalue weighted by atomic mass is 32.2. The van der Waals surface area contributed by atoms with Crippen LogP contribution in [0.1, 0.15) is 12.5 Å². The van der Waals surface area contributed by atoms with Gasteiger partial charge in [0.25, 0.3) is 5.24 Å². The summed E-state index contributed by atoms with van der Waals surface area (Å²) in [7, 11) is 0. The molecular formula is C14H12N2O5S. The Bertz CT molecular complexity index is 713. The number of nitrogens with one attached hydrogen (secondary N) is 1. The molecule has 2 aliphatic heterocycles. The van der Waals surface area contributed by atoms with Crippen LogP contribution in [0.15, 0.2) is 28.1 Å². The molecule has 3 rings (SSSR count). The number of amidine groups is 1. The Morgan fingerprint density at radius 2 is 2.23 bits per heavy atom. The number of ether oxygens (including phenoxy) is 2. The van der Waals surface area contributed by atoms with E-state index in [1.807, 2.05) is 6.07 Å². The van der Waals surface area contributed by atoms with E-state index in [2.05, 4.69) is 10.3 Å². The molecule has 0 saturated carbocycles. The van der Waals surface area contributed by atoms with Gasteiger partial charge in [-0.15, -0.1) is 0 Å². The van der Waals surface area contributed by atoms with Gasteiger partial charge in [0.2, 0.25) is 6.79 Å². The van der Waals surface area contributed by atoms with E-state index in [1.54, 1.807) is 18.2 Å². The summed E-state index contributed by atoms with van der Waals surface area (Å²) in [5.41, 5.74) is 0.805. The zero-order valence-corrected chi connectivity index (χ0v) is 12.3. The number of fused-ring (bicyclic) bond motifs is 1. The third-order valence-electron chi connectivity index (χ3n) is 3.03. The lowest BCUT2D eigenvalue weighted by Gasteiger charge is -2.03. The third-order valence-corrected chi connectivity index (χ3v) is 3.85. The molecule has 1 saturated heterocycles. The van der Waals surface area contributed by atoms with Crippen molar-refractivity contribution in [3.63, 3.8) is 0 Å². The Morgan fingerprint density at radius 1 is 1.45 bits per heavy atom. The summed E-state index contributed by atoms with van der Waals surface area (Å²) in [6, 6.07) is 4.45. The summed E-state index contributed by atoms with van der Waals surface area (Å²) in [6.45, 7) is 1.63. The first kappa shape index (κ1) is 14.5. The maximum absolute atomic E-state index is 11.5. The van der Waals surface area contributed by atoms with Crippen molar-refractivity contribution < 1.29 is 24.2 Å².